The highest BCUT2D eigenvalue weighted by atomic mass is 32.2. The Hall–Kier alpha value is -3.76. The Morgan fingerprint density at radius 2 is 2.06 bits per heavy atom. The fraction of sp³-hybridized carbons (Fsp3) is 0.160. The van der Waals surface area contributed by atoms with Crippen molar-refractivity contribution in [1.82, 2.24) is 20.1 Å². The minimum atomic E-state index is -1.27. The average molecular weight is 493 g/mol. The average Bonchev–Trinajstić information content (AvgIpc) is 3.61. The van der Waals surface area contributed by atoms with Crippen molar-refractivity contribution in [2.24, 2.45) is 0 Å². The predicted molar refractivity (Wildman–Crippen MR) is 134 cm³/mol. The van der Waals surface area contributed by atoms with E-state index in [-0.39, 0.29) is 10.8 Å². The maximum atomic E-state index is 14.6. The molecule has 178 valence electrons. The lowest BCUT2D eigenvalue weighted by Gasteiger charge is -2.17. The van der Waals surface area contributed by atoms with E-state index in [1.54, 1.807) is 42.3 Å². The Labute approximate surface area is 204 Å². The summed E-state index contributed by atoms with van der Waals surface area (Å²) in [5.74, 6) is -0.722. The van der Waals surface area contributed by atoms with E-state index in [4.69, 9.17) is 5.41 Å². The van der Waals surface area contributed by atoms with Crippen LogP contribution in [0.1, 0.15) is 24.2 Å². The molecule has 0 spiro atoms. The number of aryl methyl sites for hydroxylation is 1. The van der Waals surface area contributed by atoms with Gasteiger partial charge in [-0.25, -0.2) is 23.2 Å². The van der Waals surface area contributed by atoms with Crippen LogP contribution in [0.15, 0.2) is 66.8 Å². The van der Waals surface area contributed by atoms with Crippen molar-refractivity contribution >= 4 is 34.5 Å². The van der Waals surface area contributed by atoms with Gasteiger partial charge in [0, 0.05) is 48.2 Å². The van der Waals surface area contributed by atoms with Gasteiger partial charge in [-0.2, -0.15) is 5.10 Å². The highest BCUT2D eigenvalue weighted by Gasteiger charge is 2.35. The third kappa shape index (κ3) is 5.03. The Morgan fingerprint density at radius 3 is 2.69 bits per heavy atom. The number of hydrogen-bond donors (Lipinski definition) is 3. The minimum Gasteiger partial charge on any atom is -0.593 e. The lowest BCUT2D eigenvalue weighted by Crippen LogP contribution is -2.17. The molecule has 0 amide bonds. The van der Waals surface area contributed by atoms with Gasteiger partial charge in [-0.1, -0.05) is 0 Å². The quantitative estimate of drug-likeness (QED) is 0.325. The van der Waals surface area contributed by atoms with Crippen LogP contribution in [0.25, 0.3) is 22.4 Å². The van der Waals surface area contributed by atoms with Crippen LogP contribution < -0.4 is 10.0 Å². The highest BCUT2D eigenvalue weighted by molar-refractivity contribution is 7.93. The second-order valence-corrected chi connectivity index (χ2v) is 9.74. The zero-order chi connectivity index (χ0) is 24.5. The van der Waals surface area contributed by atoms with Gasteiger partial charge in [-0.15, -0.1) is 0 Å². The van der Waals surface area contributed by atoms with Gasteiger partial charge in [0.05, 0.1) is 22.7 Å². The van der Waals surface area contributed by atoms with E-state index in [1.807, 2.05) is 12.2 Å². The van der Waals surface area contributed by atoms with Gasteiger partial charge in [0.15, 0.2) is 0 Å². The summed E-state index contributed by atoms with van der Waals surface area (Å²) < 4.78 is 45.3. The number of benzene rings is 2. The van der Waals surface area contributed by atoms with Crippen LogP contribution in [0.4, 0.5) is 14.5 Å². The van der Waals surface area contributed by atoms with E-state index in [1.165, 1.54) is 18.3 Å². The molecule has 3 aromatic rings. The number of nitrogens with one attached hydrogen (secondary N) is 3. The van der Waals surface area contributed by atoms with E-state index >= 15 is 0 Å². The third-order valence-electron chi connectivity index (χ3n) is 5.63. The number of hydrogen-bond acceptors (Lipinski definition) is 6. The topological polar surface area (TPSA) is 102 Å². The van der Waals surface area contributed by atoms with Crippen molar-refractivity contribution in [3.63, 3.8) is 0 Å². The first-order chi connectivity index (χ1) is 16.9. The molecule has 5 rings (SSSR count). The fourth-order valence-electron chi connectivity index (χ4n) is 3.72. The van der Waals surface area contributed by atoms with Crippen LogP contribution in [0.3, 0.4) is 0 Å². The number of aromatic nitrogens is 3. The molecule has 1 aliphatic carbocycles. The van der Waals surface area contributed by atoms with Crippen LogP contribution in [0, 0.1) is 24.0 Å². The summed E-state index contributed by atoms with van der Waals surface area (Å²) in [4.78, 5) is 4.13. The molecule has 0 bridgehead atoms. The molecule has 7 nitrogen and oxygen atoms in total. The number of allylic oxidation sites excluding steroid dienone is 4. The summed E-state index contributed by atoms with van der Waals surface area (Å²) in [5.41, 5.74) is 3.77. The first kappa shape index (κ1) is 23.0. The predicted octanol–water partition coefficient (Wildman–Crippen LogP) is 4.79. The summed E-state index contributed by atoms with van der Waals surface area (Å²) >= 11 is -1.27. The largest absolute Gasteiger partial charge is 0.593 e. The summed E-state index contributed by atoms with van der Waals surface area (Å²) in [6, 6.07) is 8.58. The molecule has 35 heavy (non-hydrogen) atoms. The second-order valence-electron chi connectivity index (χ2n) is 8.28. The molecule has 2 heterocycles. The molecule has 1 saturated carbocycles. The number of anilines is 1. The standard InChI is InChI=1S/C25H22F2N6OS/c1-15-30-14-33(31-15)20-3-7-25(29-13-20)23(12-28)17-8-16(22-6-2-18(26)11-24(22)27)9-19(10-17)32-35(34)21-4-5-21/h2-3,6-14,21,28-29,32H,4-5H2,1H3/b25-23+,28-12?. The fourth-order valence-corrected chi connectivity index (χ4v) is 4.80. The monoisotopic (exact) mass is 492 g/mol. The van der Waals surface area contributed by atoms with Crippen molar-refractivity contribution < 1.29 is 13.3 Å². The zero-order valence-electron chi connectivity index (χ0n) is 18.8. The molecule has 2 aliphatic rings. The molecule has 1 fully saturated rings. The van der Waals surface area contributed by atoms with Crippen LogP contribution in [0.5, 0.6) is 0 Å². The van der Waals surface area contributed by atoms with Crippen molar-refractivity contribution in [3.05, 3.63) is 89.8 Å². The maximum absolute atomic E-state index is 14.6. The number of nitrogens with zero attached hydrogens (tertiary/aromatic N) is 3. The molecule has 2 aromatic carbocycles. The molecule has 0 radical (unpaired) electrons. The minimum absolute atomic E-state index is 0.0946. The number of rotatable bonds is 7. The summed E-state index contributed by atoms with van der Waals surface area (Å²) in [5, 5.41) is 15.6. The van der Waals surface area contributed by atoms with E-state index in [0.29, 0.717) is 33.9 Å². The van der Waals surface area contributed by atoms with E-state index in [9.17, 15) is 13.3 Å². The van der Waals surface area contributed by atoms with Crippen molar-refractivity contribution in [1.29, 1.82) is 5.41 Å². The smallest absolute Gasteiger partial charge is 0.147 e. The summed E-state index contributed by atoms with van der Waals surface area (Å²) in [6.07, 6.45) is 10.00. The first-order valence-electron chi connectivity index (χ1n) is 11.0. The normalized spacial score (nSPS) is 17.4. The Bertz CT molecular complexity index is 1390. The molecule has 0 saturated heterocycles. The van der Waals surface area contributed by atoms with Crippen LogP contribution in [0.2, 0.25) is 0 Å². The Kier molecular flexibility index (Phi) is 6.23. The van der Waals surface area contributed by atoms with Gasteiger partial charge in [0.2, 0.25) is 0 Å². The second kappa shape index (κ2) is 9.47. The molecule has 1 unspecified atom stereocenters. The van der Waals surface area contributed by atoms with Gasteiger partial charge in [0.25, 0.3) is 0 Å². The van der Waals surface area contributed by atoms with Gasteiger partial charge < -0.3 is 15.3 Å². The lowest BCUT2D eigenvalue weighted by molar-refractivity contribution is 0.585. The molecule has 10 heteroatoms. The first-order valence-corrected chi connectivity index (χ1v) is 12.2. The summed E-state index contributed by atoms with van der Waals surface area (Å²) in [7, 11) is 0. The molecule has 1 aromatic heterocycles. The molecule has 1 aliphatic heterocycles. The highest BCUT2D eigenvalue weighted by Crippen LogP contribution is 2.34. The number of dihydropyridines is 1. The van der Waals surface area contributed by atoms with E-state index in [0.717, 1.165) is 24.6 Å². The maximum Gasteiger partial charge on any atom is 0.147 e. The molecular formula is C25H22F2N6OS. The zero-order valence-corrected chi connectivity index (χ0v) is 19.6. The van der Waals surface area contributed by atoms with Crippen LogP contribution in [-0.4, -0.2) is 30.8 Å². The SMILES string of the molecule is Cc1ncn(C2=CN/C(=C(\C=N)c3cc(N[S+]([O-])C4CC4)cc(-c4ccc(F)cc4F)c3)C=C2)n1. The summed E-state index contributed by atoms with van der Waals surface area (Å²) in [6.45, 7) is 1.80. The third-order valence-corrected chi connectivity index (χ3v) is 7.15. The number of halogens is 2. The Morgan fingerprint density at radius 1 is 1.23 bits per heavy atom. The van der Waals surface area contributed by atoms with Gasteiger partial charge in [-0.05, 0) is 60.5 Å². The van der Waals surface area contributed by atoms with Crippen molar-refractivity contribution in [2.75, 3.05) is 4.72 Å². The lowest BCUT2D eigenvalue weighted by atomic mass is 9.96. The van der Waals surface area contributed by atoms with Crippen LogP contribution in [-0.2, 0) is 11.4 Å². The molecule has 1 atom stereocenters. The van der Waals surface area contributed by atoms with E-state index < -0.39 is 23.0 Å². The van der Waals surface area contributed by atoms with Gasteiger partial charge >= 0.3 is 0 Å². The Balaban J connectivity index is 1.54. The van der Waals surface area contributed by atoms with E-state index in [2.05, 4.69) is 20.1 Å². The molecular weight excluding hydrogens is 470 g/mol. The van der Waals surface area contributed by atoms with Gasteiger partial charge in [-0.3, -0.25) is 0 Å². The van der Waals surface area contributed by atoms with Crippen molar-refractivity contribution in [2.45, 2.75) is 25.0 Å². The molecule has 3 N–H and O–H groups in total. The van der Waals surface area contributed by atoms with Crippen LogP contribution >= 0.6 is 0 Å². The van der Waals surface area contributed by atoms with Crippen molar-refractivity contribution in [3.8, 4) is 11.1 Å². The van der Waals surface area contributed by atoms with Gasteiger partial charge in [0.1, 0.15) is 29.0 Å².